The molecule has 1 aliphatic heterocycles. The van der Waals surface area contributed by atoms with Crippen molar-refractivity contribution in [2.24, 2.45) is 0 Å². The fraction of sp³-hybridized carbons (Fsp3) is 0.192. The Labute approximate surface area is 190 Å². The van der Waals surface area contributed by atoms with Crippen LogP contribution in [-0.2, 0) is 9.53 Å². The first-order chi connectivity index (χ1) is 15.0. The van der Waals surface area contributed by atoms with Gasteiger partial charge in [-0.05, 0) is 60.4 Å². The summed E-state index contributed by atoms with van der Waals surface area (Å²) in [5.74, 6) is 0.0176. The second-order valence-electron chi connectivity index (χ2n) is 6.52. The molecule has 1 heterocycles. The van der Waals surface area contributed by atoms with Crippen LogP contribution >= 0.6 is 11.6 Å². The van der Waals surface area contributed by atoms with E-state index in [1.54, 1.807) is 18.4 Å². The number of hydrogen-bond donors (Lipinski definition) is 2. The molecule has 2 aromatic carbocycles. The molecule has 4 nitrogen and oxygen atoms in total. The molecule has 2 N–H and O–H groups in total. The standard InChI is InChI=1S/C24H23ClN2O2.C2H6/c1-4-8-18-13-20(15-21(16(18)2)17-9-6-5-7-10-17)27-23-22(24(28)29-3)14-19(25)11-12-26-23;1-2/h4-15,26-27H,1-3H3;1-2H3/b8-4-;. The molecule has 0 amide bonds. The second-order valence-corrected chi connectivity index (χ2v) is 6.95. The molecular weight excluding hydrogens is 408 g/mol. The molecule has 0 atom stereocenters. The highest BCUT2D eigenvalue weighted by Crippen LogP contribution is 2.31. The van der Waals surface area contributed by atoms with Gasteiger partial charge in [0.25, 0.3) is 0 Å². The minimum absolute atomic E-state index is 0.317. The van der Waals surface area contributed by atoms with Crippen molar-refractivity contribution in [1.82, 2.24) is 5.32 Å². The van der Waals surface area contributed by atoms with E-state index in [0.717, 1.165) is 22.4 Å². The van der Waals surface area contributed by atoms with Gasteiger partial charge < -0.3 is 15.4 Å². The summed E-state index contributed by atoms with van der Waals surface area (Å²) in [6.07, 6.45) is 9.01. The first-order valence-corrected chi connectivity index (χ1v) is 10.6. The Hall–Kier alpha value is -3.24. The smallest absolute Gasteiger partial charge is 0.341 e. The van der Waals surface area contributed by atoms with Gasteiger partial charge in [-0.25, -0.2) is 4.79 Å². The van der Waals surface area contributed by atoms with Crippen LogP contribution in [0.4, 0.5) is 5.69 Å². The summed E-state index contributed by atoms with van der Waals surface area (Å²) >= 11 is 6.13. The van der Waals surface area contributed by atoms with Gasteiger partial charge in [0.1, 0.15) is 11.4 Å². The lowest BCUT2D eigenvalue weighted by molar-refractivity contribution is -0.135. The SMILES string of the molecule is C/C=C\c1cc(NC2=C(C(=O)OC)C=C(Cl)C=CN2)cc(-c2ccccc2)c1C.CC. The molecule has 0 bridgehead atoms. The Bertz CT molecular complexity index is 1030. The van der Waals surface area contributed by atoms with E-state index in [-0.39, 0.29) is 0 Å². The van der Waals surface area contributed by atoms with Crippen molar-refractivity contribution in [3.8, 4) is 11.1 Å². The van der Waals surface area contributed by atoms with Gasteiger partial charge in [-0.2, -0.15) is 0 Å². The lowest BCUT2D eigenvalue weighted by Gasteiger charge is -2.17. The van der Waals surface area contributed by atoms with Crippen LogP contribution < -0.4 is 10.6 Å². The molecule has 0 saturated carbocycles. The lowest BCUT2D eigenvalue weighted by Crippen LogP contribution is -2.20. The highest BCUT2D eigenvalue weighted by molar-refractivity contribution is 6.31. The van der Waals surface area contributed by atoms with E-state index in [1.165, 1.54) is 12.7 Å². The first-order valence-electron chi connectivity index (χ1n) is 10.3. The molecule has 0 aromatic heterocycles. The number of hydrogen-bond acceptors (Lipinski definition) is 4. The molecule has 0 aliphatic carbocycles. The van der Waals surface area contributed by atoms with Crippen molar-refractivity contribution in [3.63, 3.8) is 0 Å². The average molecular weight is 437 g/mol. The number of ether oxygens (including phenoxy) is 1. The van der Waals surface area contributed by atoms with Crippen LogP contribution in [0.1, 0.15) is 31.9 Å². The van der Waals surface area contributed by atoms with Gasteiger partial charge in [0.2, 0.25) is 0 Å². The largest absolute Gasteiger partial charge is 0.465 e. The molecule has 0 saturated heterocycles. The maximum Gasteiger partial charge on any atom is 0.341 e. The molecule has 5 heteroatoms. The van der Waals surface area contributed by atoms with Crippen molar-refractivity contribution < 1.29 is 9.53 Å². The molecule has 162 valence electrons. The molecule has 2 aromatic rings. The number of anilines is 1. The first kappa shape index (κ1) is 24.0. The van der Waals surface area contributed by atoms with Crippen LogP contribution in [0.5, 0.6) is 0 Å². The van der Waals surface area contributed by atoms with Crippen LogP contribution in [0, 0.1) is 6.92 Å². The Balaban J connectivity index is 0.00000166. The van der Waals surface area contributed by atoms with Crippen molar-refractivity contribution in [2.75, 3.05) is 12.4 Å². The summed E-state index contributed by atoms with van der Waals surface area (Å²) in [7, 11) is 1.34. The van der Waals surface area contributed by atoms with Crippen LogP contribution in [0.3, 0.4) is 0 Å². The second kappa shape index (κ2) is 11.8. The fourth-order valence-electron chi connectivity index (χ4n) is 3.14. The van der Waals surface area contributed by atoms with E-state index >= 15 is 0 Å². The summed E-state index contributed by atoms with van der Waals surface area (Å²) in [6.45, 7) is 8.10. The van der Waals surface area contributed by atoms with Gasteiger partial charge >= 0.3 is 5.97 Å². The molecule has 0 fully saturated rings. The Morgan fingerprint density at radius 3 is 2.52 bits per heavy atom. The van der Waals surface area contributed by atoms with Crippen molar-refractivity contribution >= 4 is 29.3 Å². The summed E-state index contributed by atoms with van der Waals surface area (Å²) in [5.41, 5.74) is 5.66. The molecule has 0 spiro atoms. The highest BCUT2D eigenvalue weighted by atomic mass is 35.5. The van der Waals surface area contributed by atoms with Gasteiger partial charge in [-0.3, -0.25) is 0 Å². The summed E-state index contributed by atoms with van der Waals surface area (Å²) in [4.78, 5) is 12.3. The topological polar surface area (TPSA) is 50.4 Å². The molecule has 0 radical (unpaired) electrons. The average Bonchev–Trinajstić information content (AvgIpc) is 2.98. The van der Waals surface area contributed by atoms with Crippen LogP contribution in [-0.4, -0.2) is 13.1 Å². The van der Waals surface area contributed by atoms with E-state index < -0.39 is 5.97 Å². The molecular formula is C26H29ClN2O2. The van der Waals surface area contributed by atoms with Crippen molar-refractivity contribution in [1.29, 1.82) is 0 Å². The number of halogens is 1. The van der Waals surface area contributed by atoms with Crippen LogP contribution in [0.25, 0.3) is 17.2 Å². The van der Waals surface area contributed by atoms with Crippen LogP contribution in [0.2, 0.25) is 0 Å². The number of esters is 1. The summed E-state index contributed by atoms with van der Waals surface area (Å²) < 4.78 is 4.92. The number of carbonyl (C=O) groups is 1. The molecule has 1 aliphatic rings. The predicted molar refractivity (Wildman–Crippen MR) is 132 cm³/mol. The third-order valence-corrected chi connectivity index (χ3v) is 4.81. The molecule has 3 rings (SSSR count). The summed E-state index contributed by atoms with van der Waals surface area (Å²) in [6, 6.07) is 14.3. The number of benzene rings is 2. The van der Waals surface area contributed by atoms with E-state index in [0.29, 0.717) is 16.4 Å². The monoisotopic (exact) mass is 436 g/mol. The Morgan fingerprint density at radius 2 is 1.87 bits per heavy atom. The van der Waals surface area contributed by atoms with E-state index in [4.69, 9.17) is 16.3 Å². The zero-order chi connectivity index (χ0) is 22.8. The number of nitrogens with one attached hydrogen (secondary N) is 2. The van der Waals surface area contributed by atoms with Gasteiger partial charge in [-0.15, -0.1) is 0 Å². The zero-order valence-electron chi connectivity index (χ0n) is 18.6. The number of methoxy groups -OCH3 is 1. The normalized spacial score (nSPS) is 13.0. The predicted octanol–water partition coefficient (Wildman–Crippen LogP) is 6.76. The van der Waals surface area contributed by atoms with Crippen molar-refractivity contribution in [3.05, 3.63) is 94.4 Å². The maximum absolute atomic E-state index is 12.3. The van der Waals surface area contributed by atoms with E-state index in [9.17, 15) is 4.79 Å². The quantitative estimate of drug-likeness (QED) is 0.508. The third-order valence-electron chi connectivity index (χ3n) is 4.58. The lowest BCUT2D eigenvalue weighted by atomic mass is 9.95. The molecule has 0 unspecified atom stereocenters. The fourth-order valence-corrected chi connectivity index (χ4v) is 3.31. The number of rotatable bonds is 5. The highest BCUT2D eigenvalue weighted by Gasteiger charge is 2.17. The number of carbonyl (C=O) groups excluding carboxylic acids is 1. The number of allylic oxidation sites excluding steroid dienone is 3. The summed E-state index contributed by atoms with van der Waals surface area (Å²) in [5, 5.41) is 6.83. The molecule has 31 heavy (non-hydrogen) atoms. The zero-order valence-corrected chi connectivity index (χ0v) is 19.4. The van der Waals surface area contributed by atoms with E-state index in [1.807, 2.05) is 51.1 Å². The Morgan fingerprint density at radius 1 is 1.16 bits per heavy atom. The minimum Gasteiger partial charge on any atom is -0.465 e. The third kappa shape index (κ3) is 6.12. The van der Waals surface area contributed by atoms with Gasteiger partial charge in [0.05, 0.1) is 7.11 Å². The maximum atomic E-state index is 12.3. The van der Waals surface area contributed by atoms with E-state index in [2.05, 4.69) is 41.8 Å². The van der Waals surface area contributed by atoms with Gasteiger partial charge in [0.15, 0.2) is 0 Å². The van der Waals surface area contributed by atoms with Gasteiger partial charge in [0, 0.05) is 16.9 Å². The van der Waals surface area contributed by atoms with Crippen LogP contribution in [0.15, 0.2) is 83.3 Å². The van der Waals surface area contributed by atoms with Crippen molar-refractivity contribution in [2.45, 2.75) is 27.7 Å². The van der Waals surface area contributed by atoms with Gasteiger partial charge in [-0.1, -0.05) is 67.9 Å². The Kier molecular flexibility index (Phi) is 9.16. The minimum atomic E-state index is -0.481.